The number of anilines is 2. The molecule has 1 aromatic carbocycles. The zero-order valence-corrected chi connectivity index (χ0v) is 12.4. The standard InChI is InChI=1S/C9H9BrN4O2S2/c1-5-3-2-4-6(7(5)10)14-18(15,16)9-13-12-8(11)17-9/h2-4,14H,1H3,(H2,11,12). The van der Waals surface area contributed by atoms with Gasteiger partial charge in [0.15, 0.2) is 0 Å². The highest BCUT2D eigenvalue weighted by atomic mass is 79.9. The summed E-state index contributed by atoms with van der Waals surface area (Å²) in [5, 5.41) is 7.10. The van der Waals surface area contributed by atoms with E-state index in [1.54, 1.807) is 12.1 Å². The van der Waals surface area contributed by atoms with Crippen molar-refractivity contribution in [2.24, 2.45) is 0 Å². The number of rotatable bonds is 3. The van der Waals surface area contributed by atoms with Crippen molar-refractivity contribution in [3.63, 3.8) is 0 Å². The van der Waals surface area contributed by atoms with Crippen LogP contribution < -0.4 is 10.5 Å². The van der Waals surface area contributed by atoms with Crippen LogP contribution in [-0.2, 0) is 10.0 Å². The lowest BCUT2D eigenvalue weighted by atomic mass is 10.2. The van der Waals surface area contributed by atoms with Crippen LogP contribution in [-0.4, -0.2) is 18.6 Å². The maximum atomic E-state index is 12.0. The number of halogens is 1. The lowest BCUT2D eigenvalue weighted by Crippen LogP contribution is -2.13. The number of aryl methyl sites for hydroxylation is 1. The Kier molecular flexibility index (Phi) is 3.55. The second-order valence-electron chi connectivity index (χ2n) is 3.45. The number of aromatic nitrogens is 2. The molecule has 0 unspecified atom stereocenters. The minimum atomic E-state index is -3.75. The van der Waals surface area contributed by atoms with E-state index in [1.165, 1.54) is 0 Å². The van der Waals surface area contributed by atoms with Gasteiger partial charge >= 0.3 is 0 Å². The summed E-state index contributed by atoms with van der Waals surface area (Å²) in [4.78, 5) is 0. The SMILES string of the molecule is Cc1cccc(NS(=O)(=O)c2nnc(N)s2)c1Br. The first-order valence-corrected chi connectivity index (χ1v) is 7.86. The van der Waals surface area contributed by atoms with Crippen LogP contribution in [0.3, 0.4) is 0 Å². The Morgan fingerprint density at radius 3 is 2.72 bits per heavy atom. The number of hydrogen-bond donors (Lipinski definition) is 2. The van der Waals surface area contributed by atoms with Crippen LogP contribution in [0.1, 0.15) is 5.56 Å². The van der Waals surface area contributed by atoms with Crippen LogP contribution in [0.4, 0.5) is 10.8 Å². The van der Waals surface area contributed by atoms with Crippen molar-refractivity contribution in [3.8, 4) is 0 Å². The molecule has 3 N–H and O–H groups in total. The summed E-state index contributed by atoms with van der Waals surface area (Å²) in [7, 11) is -3.75. The van der Waals surface area contributed by atoms with Crippen LogP contribution in [0.5, 0.6) is 0 Å². The Balaban J connectivity index is 2.37. The van der Waals surface area contributed by atoms with Crippen molar-refractivity contribution < 1.29 is 8.42 Å². The van der Waals surface area contributed by atoms with Crippen molar-refractivity contribution in [2.75, 3.05) is 10.5 Å². The average Bonchev–Trinajstić information content (AvgIpc) is 2.72. The fourth-order valence-electron chi connectivity index (χ4n) is 1.24. The molecule has 0 atom stereocenters. The Labute approximate surface area is 116 Å². The molecule has 18 heavy (non-hydrogen) atoms. The second kappa shape index (κ2) is 4.82. The van der Waals surface area contributed by atoms with Gasteiger partial charge in [0.1, 0.15) is 0 Å². The zero-order chi connectivity index (χ0) is 13.3. The molecule has 1 heterocycles. The summed E-state index contributed by atoms with van der Waals surface area (Å²) in [5.74, 6) is 0. The molecule has 0 aliphatic rings. The number of sulfonamides is 1. The van der Waals surface area contributed by atoms with Gasteiger partial charge in [0.05, 0.1) is 5.69 Å². The molecule has 0 bridgehead atoms. The Bertz CT molecular complexity index is 684. The minimum Gasteiger partial charge on any atom is -0.374 e. The van der Waals surface area contributed by atoms with E-state index in [0.29, 0.717) is 10.2 Å². The Hall–Kier alpha value is -1.19. The topological polar surface area (TPSA) is 98.0 Å². The molecule has 0 spiro atoms. The van der Waals surface area contributed by atoms with Crippen molar-refractivity contribution >= 4 is 48.1 Å². The highest BCUT2D eigenvalue weighted by Crippen LogP contribution is 2.28. The molecule has 0 radical (unpaired) electrons. The molecule has 2 aromatic rings. The van der Waals surface area contributed by atoms with Gasteiger partial charge in [-0.3, -0.25) is 4.72 Å². The first-order chi connectivity index (χ1) is 8.40. The predicted molar refractivity (Wildman–Crippen MR) is 74.0 cm³/mol. The quantitative estimate of drug-likeness (QED) is 0.883. The van der Waals surface area contributed by atoms with Crippen LogP contribution in [0.15, 0.2) is 27.0 Å². The molecule has 1 aromatic heterocycles. The highest BCUT2D eigenvalue weighted by Gasteiger charge is 2.20. The van der Waals surface area contributed by atoms with E-state index < -0.39 is 10.0 Å². The molecule has 0 saturated heterocycles. The van der Waals surface area contributed by atoms with Crippen molar-refractivity contribution in [1.29, 1.82) is 0 Å². The van der Waals surface area contributed by atoms with Gasteiger partial charge in [0.25, 0.3) is 14.4 Å². The number of nitrogens with one attached hydrogen (secondary N) is 1. The molecular formula is C9H9BrN4O2S2. The molecule has 0 amide bonds. The Morgan fingerprint density at radius 2 is 2.11 bits per heavy atom. The van der Waals surface area contributed by atoms with Crippen LogP contribution >= 0.6 is 27.3 Å². The molecule has 0 fully saturated rings. The molecule has 0 aliphatic carbocycles. The smallest absolute Gasteiger partial charge is 0.291 e. The molecular weight excluding hydrogens is 340 g/mol. The van der Waals surface area contributed by atoms with E-state index in [1.807, 2.05) is 13.0 Å². The van der Waals surface area contributed by atoms with E-state index in [0.717, 1.165) is 16.9 Å². The van der Waals surface area contributed by atoms with Crippen LogP contribution in [0.25, 0.3) is 0 Å². The minimum absolute atomic E-state index is 0.110. The fraction of sp³-hybridized carbons (Fsp3) is 0.111. The number of nitrogens with zero attached hydrogens (tertiary/aromatic N) is 2. The van der Waals surface area contributed by atoms with Gasteiger partial charge in [-0.25, -0.2) is 0 Å². The fourth-order valence-corrected chi connectivity index (χ4v) is 3.60. The van der Waals surface area contributed by atoms with Gasteiger partial charge in [0, 0.05) is 4.47 Å². The van der Waals surface area contributed by atoms with Crippen molar-refractivity contribution in [1.82, 2.24) is 10.2 Å². The van der Waals surface area contributed by atoms with Crippen LogP contribution in [0, 0.1) is 6.92 Å². The van der Waals surface area contributed by atoms with Gasteiger partial charge in [-0.05, 0) is 34.5 Å². The maximum Gasteiger partial charge on any atom is 0.291 e. The number of nitrogen functional groups attached to an aromatic ring is 1. The van der Waals surface area contributed by atoms with Crippen LogP contribution in [0.2, 0.25) is 0 Å². The third kappa shape index (κ3) is 2.62. The van der Waals surface area contributed by atoms with E-state index in [9.17, 15) is 8.42 Å². The number of benzene rings is 1. The Morgan fingerprint density at radius 1 is 1.39 bits per heavy atom. The maximum absolute atomic E-state index is 12.0. The van der Waals surface area contributed by atoms with Gasteiger partial charge in [-0.2, -0.15) is 8.42 Å². The van der Waals surface area contributed by atoms with Crippen molar-refractivity contribution in [2.45, 2.75) is 11.3 Å². The first-order valence-electron chi connectivity index (χ1n) is 4.77. The van der Waals surface area contributed by atoms with Crippen molar-refractivity contribution in [3.05, 3.63) is 28.2 Å². The van der Waals surface area contributed by atoms with Gasteiger partial charge in [0.2, 0.25) is 5.13 Å². The summed E-state index contributed by atoms with van der Waals surface area (Å²) in [6.45, 7) is 1.87. The lowest BCUT2D eigenvalue weighted by molar-refractivity contribution is 0.599. The largest absolute Gasteiger partial charge is 0.374 e. The number of hydrogen-bond acceptors (Lipinski definition) is 6. The number of nitrogens with two attached hydrogens (primary N) is 1. The summed E-state index contributed by atoms with van der Waals surface area (Å²) in [6.07, 6.45) is 0. The van der Waals surface area contributed by atoms with E-state index in [-0.39, 0.29) is 9.47 Å². The lowest BCUT2D eigenvalue weighted by Gasteiger charge is -2.08. The van der Waals surface area contributed by atoms with E-state index in [2.05, 4.69) is 30.8 Å². The molecule has 0 aliphatic heterocycles. The predicted octanol–water partition coefficient (Wildman–Crippen LogP) is 1.99. The molecule has 9 heteroatoms. The van der Waals surface area contributed by atoms with E-state index >= 15 is 0 Å². The third-order valence-corrected chi connectivity index (χ3v) is 5.63. The first kappa shape index (κ1) is 13.2. The van der Waals surface area contributed by atoms with Gasteiger partial charge in [-0.1, -0.05) is 23.5 Å². The highest BCUT2D eigenvalue weighted by molar-refractivity contribution is 9.10. The zero-order valence-electron chi connectivity index (χ0n) is 9.21. The summed E-state index contributed by atoms with van der Waals surface area (Å²) < 4.78 is 27.0. The molecule has 0 saturated carbocycles. The summed E-state index contributed by atoms with van der Waals surface area (Å²) >= 11 is 4.14. The normalized spacial score (nSPS) is 11.4. The van der Waals surface area contributed by atoms with E-state index in [4.69, 9.17) is 5.73 Å². The average molecular weight is 349 g/mol. The second-order valence-corrected chi connectivity index (χ2v) is 7.11. The molecule has 6 nitrogen and oxygen atoms in total. The van der Waals surface area contributed by atoms with Gasteiger partial charge in [-0.15, -0.1) is 10.2 Å². The van der Waals surface area contributed by atoms with Gasteiger partial charge < -0.3 is 5.73 Å². The molecule has 2 rings (SSSR count). The molecule has 96 valence electrons. The third-order valence-electron chi connectivity index (χ3n) is 2.09. The monoisotopic (exact) mass is 348 g/mol. The summed E-state index contributed by atoms with van der Waals surface area (Å²) in [6, 6.07) is 5.27. The summed E-state index contributed by atoms with van der Waals surface area (Å²) in [5.41, 5.74) is 6.74.